The van der Waals surface area contributed by atoms with Crippen LogP contribution < -0.4 is 14.8 Å². The van der Waals surface area contributed by atoms with Crippen LogP contribution in [-0.4, -0.2) is 46.2 Å². The lowest BCUT2D eigenvalue weighted by molar-refractivity contribution is -0.120. The van der Waals surface area contributed by atoms with Crippen molar-refractivity contribution in [2.24, 2.45) is 5.92 Å². The summed E-state index contributed by atoms with van der Waals surface area (Å²) in [4.78, 5) is 23.3. The van der Waals surface area contributed by atoms with Crippen molar-refractivity contribution < 1.29 is 19.0 Å². The first-order chi connectivity index (χ1) is 13.5. The molecule has 1 saturated carbocycles. The maximum absolute atomic E-state index is 11.0. The lowest BCUT2D eigenvalue weighted by atomic mass is 9.83. The molecule has 2 aromatic heterocycles. The molecule has 0 saturated heterocycles. The zero-order valence-electron chi connectivity index (χ0n) is 15.8. The minimum atomic E-state index is -0.0485. The van der Waals surface area contributed by atoms with Crippen LogP contribution in [0.3, 0.4) is 0 Å². The van der Waals surface area contributed by atoms with Gasteiger partial charge in [0.1, 0.15) is 12.9 Å². The molecule has 0 unspecified atom stereocenters. The van der Waals surface area contributed by atoms with Crippen LogP contribution in [0.25, 0.3) is 0 Å². The molecule has 10 heteroatoms. The number of nitrogens with one attached hydrogen (secondary N) is 1. The first kappa shape index (κ1) is 20.8. The van der Waals surface area contributed by atoms with Gasteiger partial charge in [-0.3, -0.25) is 4.79 Å². The minimum Gasteiger partial charge on any atom is -0.476 e. The van der Waals surface area contributed by atoms with E-state index in [9.17, 15) is 4.79 Å². The molecular weight excluding hydrogens is 404 g/mol. The molecule has 0 spiro atoms. The van der Waals surface area contributed by atoms with Gasteiger partial charge in [0.25, 0.3) is 0 Å². The summed E-state index contributed by atoms with van der Waals surface area (Å²) in [5, 5.41) is 4.96. The van der Waals surface area contributed by atoms with E-state index in [0.29, 0.717) is 25.0 Å². The number of aromatic nitrogens is 3. The smallest absolute Gasteiger partial charge is 0.240 e. The Morgan fingerprint density at radius 3 is 2.75 bits per heavy atom. The van der Waals surface area contributed by atoms with Crippen LogP contribution in [0, 0.1) is 5.92 Å². The molecule has 0 aliphatic heterocycles. The van der Waals surface area contributed by atoms with Crippen LogP contribution in [0.4, 0.5) is 0 Å². The highest BCUT2D eigenvalue weighted by Gasteiger charge is 2.31. The van der Waals surface area contributed by atoms with Gasteiger partial charge in [-0.05, 0) is 25.7 Å². The topological polar surface area (TPSA) is 95.5 Å². The Morgan fingerprint density at radius 2 is 2.07 bits per heavy atom. The predicted molar refractivity (Wildman–Crippen MR) is 105 cm³/mol. The van der Waals surface area contributed by atoms with Crippen molar-refractivity contribution in [3.8, 4) is 11.8 Å². The summed E-state index contributed by atoms with van der Waals surface area (Å²) in [5.74, 6) is 0.925. The van der Waals surface area contributed by atoms with Gasteiger partial charge in [0.15, 0.2) is 5.02 Å². The third kappa shape index (κ3) is 6.02. The van der Waals surface area contributed by atoms with E-state index in [-0.39, 0.29) is 35.6 Å². The quantitative estimate of drug-likeness (QED) is 0.624. The summed E-state index contributed by atoms with van der Waals surface area (Å²) in [6, 6.07) is 0.00956. The third-order valence-corrected chi connectivity index (χ3v) is 5.20. The fraction of sp³-hybridized carbons (Fsp3) is 0.556. The Hall–Kier alpha value is -1.97. The van der Waals surface area contributed by atoms with Crippen LogP contribution in [0.5, 0.6) is 11.8 Å². The van der Waals surface area contributed by atoms with Crippen LogP contribution >= 0.6 is 22.9 Å². The van der Waals surface area contributed by atoms with E-state index in [0.717, 1.165) is 18.5 Å². The van der Waals surface area contributed by atoms with Crippen LogP contribution in [0.2, 0.25) is 5.02 Å². The largest absolute Gasteiger partial charge is 0.476 e. The summed E-state index contributed by atoms with van der Waals surface area (Å²) >= 11 is 7.80. The van der Waals surface area contributed by atoms with E-state index in [1.54, 1.807) is 5.51 Å². The molecule has 1 fully saturated rings. The van der Waals surface area contributed by atoms with Crippen molar-refractivity contribution in [3.05, 3.63) is 27.9 Å². The van der Waals surface area contributed by atoms with Gasteiger partial charge >= 0.3 is 0 Å². The maximum Gasteiger partial charge on any atom is 0.240 e. The number of hydrogen-bond donors (Lipinski definition) is 1. The number of thiazole rings is 1. The number of rotatable bonds is 10. The highest BCUT2D eigenvalue weighted by Crippen LogP contribution is 2.34. The lowest BCUT2D eigenvalue weighted by Gasteiger charge is -2.35. The molecule has 8 nitrogen and oxygen atoms in total. The van der Waals surface area contributed by atoms with E-state index >= 15 is 0 Å². The maximum atomic E-state index is 11.0. The second kappa shape index (κ2) is 9.99. The van der Waals surface area contributed by atoms with E-state index < -0.39 is 0 Å². The molecule has 1 N–H and O–H groups in total. The average Bonchev–Trinajstić information content (AvgIpc) is 3.13. The SMILES string of the molecule is CC(=O)N[C@@H](C)CO[C@H]1C[C@H](COc2ncnc(OCc3cscn3)c2Cl)C1. The van der Waals surface area contributed by atoms with Crippen LogP contribution in [-0.2, 0) is 16.1 Å². The number of carbonyl (C=O) groups is 1. The first-order valence-corrected chi connectivity index (χ1v) is 10.3. The number of amides is 1. The molecule has 0 bridgehead atoms. The van der Waals surface area contributed by atoms with Gasteiger partial charge < -0.3 is 19.5 Å². The van der Waals surface area contributed by atoms with Crippen molar-refractivity contribution in [2.75, 3.05) is 13.2 Å². The molecule has 1 atom stereocenters. The van der Waals surface area contributed by atoms with Crippen LogP contribution in [0.1, 0.15) is 32.4 Å². The zero-order chi connectivity index (χ0) is 19.9. The molecule has 152 valence electrons. The molecular formula is C18H23ClN4O4S. The minimum absolute atomic E-state index is 0.00956. The van der Waals surface area contributed by atoms with E-state index in [2.05, 4.69) is 20.3 Å². The normalized spacial score (nSPS) is 19.5. The van der Waals surface area contributed by atoms with Crippen molar-refractivity contribution in [1.29, 1.82) is 0 Å². The summed E-state index contributed by atoms with van der Waals surface area (Å²) in [6.07, 6.45) is 3.38. The predicted octanol–water partition coefficient (Wildman–Crippen LogP) is 2.86. The molecule has 28 heavy (non-hydrogen) atoms. The number of nitrogens with zero attached hydrogens (tertiary/aromatic N) is 3. The number of hydrogen-bond acceptors (Lipinski definition) is 8. The molecule has 3 rings (SSSR count). The molecule has 0 aromatic carbocycles. The summed E-state index contributed by atoms with van der Waals surface area (Å²) in [7, 11) is 0. The van der Waals surface area contributed by atoms with Gasteiger partial charge in [0.05, 0.1) is 30.5 Å². The molecule has 1 aliphatic carbocycles. The van der Waals surface area contributed by atoms with Crippen molar-refractivity contribution in [1.82, 2.24) is 20.3 Å². The molecule has 2 aromatic rings. The van der Waals surface area contributed by atoms with Gasteiger partial charge in [0.2, 0.25) is 17.7 Å². The Bertz CT molecular complexity index is 771. The highest BCUT2D eigenvalue weighted by molar-refractivity contribution is 7.07. The van der Waals surface area contributed by atoms with Gasteiger partial charge in [-0.2, -0.15) is 0 Å². The van der Waals surface area contributed by atoms with Gasteiger partial charge in [0, 0.05) is 18.3 Å². The van der Waals surface area contributed by atoms with Crippen molar-refractivity contribution >= 4 is 28.8 Å². The van der Waals surface area contributed by atoms with Crippen molar-refractivity contribution in [3.63, 3.8) is 0 Å². The Kier molecular flexibility index (Phi) is 7.41. The number of ether oxygens (including phenoxy) is 3. The number of carbonyl (C=O) groups excluding carboxylic acids is 1. The Balaban J connectivity index is 1.38. The first-order valence-electron chi connectivity index (χ1n) is 9.03. The molecule has 1 aliphatic rings. The second-order valence-corrected chi connectivity index (χ2v) is 7.87. The third-order valence-electron chi connectivity index (χ3n) is 4.25. The molecule has 0 radical (unpaired) electrons. The fourth-order valence-electron chi connectivity index (χ4n) is 2.80. The van der Waals surface area contributed by atoms with Crippen molar-refractivity contribution in [2.45, 2.75) is 45.4 Å². The monoisotopic (exact) mass is 426 g/mol. The zero-order valence-corrected chi connectivity index (χ0v) is 17.3. The highest BCUT2D eigenvalue weighted by atomic mass is 35.5. The Labute approximate surface area is 172 Å². The second-order valence-electron chi connectivity index (χ2n) is 6.77. The summed E-state index contributed by atoms with van der Waals surface area (Å²) in [6.45, 7) is 4.73. The van der Waals surface area contributed by atoms with E-state index in [1.807, 2.05) is 12.3 Å². The van der Waals surface area contributed by atoms with E-state index in [1.165, 1.54) is 24.6 Å². The van der Waals surface area contributed by atoms with Gasteiger partial charge in [-0.15, -0.1) is 11.3 Å². The van der Waals surface area contributed by atoms with Crippen LogP contribution in [0.15, 0.2) is 17.2 Å². The molecule has 2 heterocycles. The van der Waals surface area contributed by atoms with E-state index in [4.69, 9.17) is 25.8 Å². The fourth-order valence-corrected chi connectivity index (χ4v) is 3.55. The summed E-state index contributed by atoms with van der Waals surface area (Å²) in [5.41, 5.74) is 2.56. The van der Waals surface area contributed by atoms with Gasteiger partial charge in [-0.1, -0.05) is 11.6 Å². The molecule has 1 amide bonds. The van der Waals surface area contributed by atoms with Gasteiger partial charge in [-0.25, -0.2) is 15.0 Å². The lowest BCUT2D eigenvalue weighted by Crippen LogP contribution is -2.40. The number of halogens is 1. The standard InChI is InChI=1S/C18H23ClN4O4S/c1-11(23-12(2)24)5-25-15-3-13(4-15)6-26-17-16(19)18(21-9-20-17)27-7-14-8-28-10-22-14/h8-11,13,15H,3-7H2,1-2H3,(H,23,24)/t11-,13-,15-/m0/s1. The average molecular weight is 427 g/mol. The summed E-state index contributed by atoms with van der Waals surface area (Å²) < 4.78 is 17.1. The Morgan fingerprint density at radius 1 is 1.32 bits per heavy atom.